The number of carbonyl (C=O) groups is 7. The number of rotatable bonds is 9. The zero-order chi connectivity index (χ0) is 46.6. The van der Waals surface area contributed by atoms with Gasteiger partial charge in [0.1, 0.15) is 40.1 Å². The van der Waals surface area contributed by atoms with Crippen molar-refractivity contribution in [2.24, 2.45) is 0 Å². The van der Waals surface area contributed by atoms with Gasteiger partial charge in [-0.2, -0.15) is 8.42 Å². The van der Waals surface area contributed by atoms with Crippen molar-refractivity contribution in [3.63, 3.8) is 0 Å². The van der Waals surface area contributed by atoms with Gasteiger partial charge in [0.25, 0.3) is 10.1 Å². The van der Waals surface area contributed by atoms with Crippen molar-refractivity contribution in [2.45, 2.75) is 149 Å². The molecule has 1 rings (SSSR count). The van der Waals surface area contributed by atoms with Gasteiger partial charge in [0.2, 0.25) is 5.91 Å². The number of amides is 1. The average molecular weight is 880 g/mol. The fourth-order valence-electron chi connectivity index (χ4n) is 1.69. The Bertz CT molecular complexity index is 934. The Morgan fingerprint density at radius 3 is 1.00 bits per heavy atom. The molecule has 21 heteroatoms. The maximum Gasteiger partial charge on any atom is 1.00 e. The van der Waals surface area contributed by atoms with Crippen molar-refractivity contribution in [3.8, 4) is 0 Å². The first-order valence-electron chi connectivity index (χ1n) is 17.6. The van der Waals surface area contributed by atoms with Gasteiger partial charge in [0.15, 0.2) is 0 Å². The number of hydrogen-bond acceptors (Lipinski definition) is 12. The van der Waals surface area contributed by atoms with E-state index in [1.54, 1.807) is 0 Å². The van der Waals surface area contributed by atoms with E-state index in [4.69, 9.17) is 32.3 Å². The van der Waals surface area contributed by atoms with Crippen LogP contribution in [-0.2, 0) is 43.7 Å². The van der Waals surface area contributed by atoms with Gasteiger partial charge < -0.3 is 60.6 Å². The average Bonchev–Trinajstić information content (AvgIpc) is 2.92. The zero-order valence-corrected chi connectivity index (χ0v) is 42.1. The molecule has 1 saturated heterocycles. The fourth-order valence-corrected chi connectivity index (χ4v) is 2.55. The third kappa shape index (κ3) is 277. The first kappa shape index (κ1) is 86.6. The Balaban J connectivity index is -0.0000000396. The quantitative estimate of drug-likeness (QED) is 0.0493. The molecule has 0 radical (unpaired) electrons. The van der Waals surface area contributed by atoms with Gasteiger partial charge in [-0.25, -0.2) is 0 Å². The molecule has 1 aliphatic heterocycles. The summed E-state index contributed by atoms with van der Waals surface area (Å²) >= 11 is 5.14. The van der Waals surface area contributed by atoms with Crippen LogP contribution >= 0.6 is 11.6 Å². The number of nitrogens with one attached hydrogen (secondary N) is 2. The molecule has 1 heterocycles. The van der Waals surface area contributed by atoms with E-state index in [1.807, 2.05) is 0 Å². The Hall–Kier alpha value is -2.16. The summed E-state index contributed by atoms with van der Waals surface area (Å²) in [5, 5.41) is 12.5. The maximum atomic E-state index is 10.2. The molecule has 0 aliphatic carbocycles. The molecule has 1 atom stereocenters. The third-order valence-electron chi connectivity index (χ3n) is 3.68. The van der Waals surface area contributed by atoms with Crippen molar-refractivity contribution in [2.75, 3.05) is 45.2 Å². The van der Waals surface area contributed by atoms with Crippen molar-refractivity contribution in [1.82, 2.24) is 15.5 Å². The van der Waals surface area contributed by atoms with Crippen LogP contribution in [0.25, 0.3) is 16.0 Å². The van der Waals surface area contributed by atoms with E-state index < -0.39 is 15.5 Å². The molecule has 0 spiro atoms. The van der Waals surface area contributed by atoms with Crippen molar-refractivity contribution in [3.05, 3.63) is 16.0 Å². The molecule has 1 aliphatic rings. The van der Waals surface area contributed by atoms with Crippen LogP contribution in [0.1, 0.15) is 143 Å². The van der Waals surface area contributed by atoms with Crippen LogP contribution in [0.2, 0.25) is 0 Å². The zero-order valence-electron chi connectivity index (χ0n) is 38.5. The second-order valence-electron chi connectivity index (χ2n) is 11.5. The van der Waals surface area contributed by atoms with E-state index in [1.165, 1.54) is 115 Å². The molecule has 0 saturated carbocycles. The molecule has 340 valence electrons. The van der Waals surface area contributed by atoms with E-state index in [2.05, 4.69) is 43.2 Å². The molecule has 18 nitrogen and oxygen atoms in total. The van der Waals surface area contributed by atoms with Crippen LogP contribution in [-0.4, -0.2) is 120 Å². The van der Waals surface area contributed by atoms with Gasteiger partial charge in [-0.05, 0) is 129 Å². The molecule has 1 amide bonds. The summed E-state index contributed by atoms with van der Waals surface area (Å²) in [5.74, 6) is 1.63. The first-order valence-corrected chi connectivity index (χ1v) is 19.6. The number of nitrogens with zero attached hydrogens (tertiary/aromatic N) is 4. The Morgan fingerprint density at radius 1 is 0.702 bits per heavy atom. The van der Waals surface area contributed by atoms with E-state index >= 15 is 0 Å². The van der Waals surface area contributed by atoms with Crippen molar-refractivity contribution >= 4 is 62.3 Å². The number of unbranched alkanes of at least 4 members (excludes halogenated alkanes) is 1. The standard InChI is InChI=1S/C6H13NO.C6H15N.C3H7ClO.C3H7NO3S.6C3H6O.N3.Na.H2O/c1-3-4-5-7-6(2)8;1-4-7(5-2)6-3;4-2-1-3-5;5-8(6,7)3-1-2-4-3;6*1-3(2)4;1-3-2;;/h3-5H2,1-2H3,(H,7,8);4-6H2,1-3H3;5H,1-3H2;3-4H,1-2H2,(H,5,6,7);6*1-2H3;;;1H2/q;;;;;;;;;;-1;+1;. The van der Waals surface area contributed by atoms with Crippen molar-refractivity contribution in [1.29, 1.82) is 0 Å². The number of aliphatic hydroxyl groups excluding tert-OH is 1. The number of alkyl halides is 1. The SMILES string of the molecule is CC(C)=O.CC(C)=O.CC(C)=O.CC(C)=O.CC(C)=O.CC(C)=O.CCCCNC(C)=O.CCN(CC)CC.O.O=S(=O)(O)C1CCN1.OCCCCl.[N-]=[N+]=[N-].[Na+]. The summed E-state index contributed by atoms with van der Waals surface area (Å²) in [6.07, 6.45) is 3.46. The van der Waals surface area contributed by atoms with E-state index in [-0.39, 0.29) is 82.2 Å². The van der Waals surface area contributed by atoms with Crippen molar-refractivity contribution < 1.29 is 86.7 Å². The van der Waals surface area contributed by atoms with E-state index in [9.17, 15) is 42.0 Å². The Kier molecular flexibility index (Phi) is 114. The smallest absolute Gasteiger partial charge is 0.412 e. The topological polar surface area (TPSA) is 312 Å². The Morgan fingerprint density at radius 2 is 0.947 bits per heavy atom. The summed E-state index contributed by atoms with van der Waals surface area (Å²) in [5.41, 5.74) is 13.5. The van der Waals surface area contributed by atoms with E-state index in [0.29, 0.717) is 25.3 Å². The third-order valence-corrected chi connectivity index (χ3v) is 5.06. The molecular formula is C36H80ClN6NaO12S. The van der Waals surface area contributed by atoms with Gasteiger partial charge in [0, 0.05) is 26.0 Å². The summed E-state index contributed by atoms with van der Waals surface area (Å²) in [7, 11) is -3.78. The predicted molar refractivity (Wildman–Crippen MR) is 229 cm³/mol. The summed E-state index contributed by atoms with van der Waals surface area (Å²) in [6.45, 7) is 33.8. The number of aliphatic hydroxyl groups is 1. The maximum absolute atomic E-state index is 10.2. The monoisotopic (exact) mass is 879 g/mol. The number of carbonyl (C=O) groups excluding carboxylic acids is 7. The van der Waals surface area contributed by atoms with E-state index in [0.717, 1.165) is 19.4 Å². The number of Topliss-reactive ketones (excluding diaryl/α,β-unsaturated/α-hetero) is 6. The van der Waals surface area contributed by atoms with Gasteiger partial charge in [-0.15, -0.1) is 11.6 Å². The summed E-state index contributed by atoms with van der Waals surface area (Å²) in [6, 6.07) is 0. The molecule has 0 aromatic rings. The molecule has 1 fully saturated rings. The normalized spacial score (nSPS) is 10.2. The molecule has 57 heavy (non-hydrogen) atoms. The van der Waals surface area contributed by atoms with Gasteiger partial charge >= 0.3 is 29.6 Å². The number of ketones is 6. The minimum absolute atomic E-state index is 0. The Labute approximate surface area is 372 Å². The fraction of sp³-hybridized carbons (Fsp3) is 0.806. The van der Waals surface area contributed by atoms with Crippen LogP contribution in [0, 0.1) is 0 Å². The largest absolute Gasteiger partial charge is 1.00 e. The van der Waals surface area contributed by atoms with Gasteiger partial charge in [-0.3, -0.25) is 19.6 Å². The second kappa shape index (κ2) is 74.8. The van der Waals surface area contributed by atoms with Gasteiger partial charge in [0.05, 0.1) is 0 Å². The summed E-state index contributed by atoms with van der Waals surface area (Å²) < 4.78 is 28.5. The molecular weight excluding hydrogens is 799 g/mol. The molecule has 1 unspecified atom stereocenters. The van der Waals surface area contributed by atoms with Gasteiger partial charge in [-0.1, -0.05) is 34.1 Å². The molecule has 6 N–H and O–H groups in total. The van der Waals surface area contributed by atoms with Crippen LogP contribution in [0.5, 0.6) is 0 Å². The van der Waals surface area contributed by atoms with Crippen LogP contribution < -0.4 is 40.2 Å². The number of halogens is 1. The summed E-state index contributed by atoms with van der Waals surface area (Å²) in [4.78, 5) is 70.7. The molecule has 0 aromatic heterocycles. The molecule has 0 aromatic carbocycles. The minimum atomic E-state index is -3.78. The second-order valence-corrected chi connectivity index (χ2v) is 13.5. The van der Waals surface area contributed by atoms with Crippen LogP contribution in [0.15, 0.2) is 0 Å². The minimum Gasteiger partial charge on any atom is -0.412 e. The predicted octanol–water partition coefficient (Wildman–Crippen LogP) is 2.69. The number of hydrogen-bond donors (Lipinski definition) is 4. The van der Waals surface area contributed by atoms with Crippen LogP contribution in [0.3, 0.4) is 0 Å². The van der Waals surface area contributed by atoms with Crippen LogP contribution in [0.4, 0.5) is 0 Å². The first-order chi connectivity index (χ1) is 24.9. The molecule has 0 bridgehead atoms.